The summed E-state index contributed by atoms with van der Waals surface area (Å²) in [6.45, 7) is 1.69. The molecule has 8 heteroatoms. The van der Waals surface area contributed by atoms with Crippen LogP contribution in [0.5, 0.6) is 0 Å². The van der Waals surface area contributed by atoms with Crippen molar-refractivity contribution in [3.63, 3.8) is 0 Å². The highest BCUT2D eigenvalue weighted by Gasteiger charge is 2.31. The summed E-state index contributed by atoms with van der Waals surface area (Å²) in [4.78, 5) is 16.0. The van der Waals surface area contributed by atoms with E-state index in [1.54, 1.807) is 6.92 Å². The molecular weight excluding hydrogens is 300 g/mol. The fraction of sp³-hybridized carbons (Fsp3) is 0.143. The van der Waals surface area contributed by atoms with E-state index >= 15 is 0 Å². The molecule has 0 amide bonds. The van der Waals surface area contributed by atoms with Crippen LogP contribution >= 0.6 is 0 Å². The fourth-order valence-corrected chi connectivity index (χ4v) is 1.94. The van der Waals surface area contributed by atoms with E-state index in [-0.39, 0.29) is 22.4 Å². The van der Waals surface area contributed by atoms with Crippen molar-refractivity contribution in [1.82, 2.24) is 19.9 Å². The fourth-order valence-electron chi connectivity index (χ4n) is 1.94. The standard InChI is InChI=1S/C14H8F4N4/c1-7-5-19-12-11(20-6-21-13(12)22-7)9-3-2-8(4-10(9)15)14(16,17)18/h2-6H,1H3/i4D. The zero-order valence-electron chi connectivity index (χ0n) is 12.1. The van der Waals surface area contributed by atoms with E-state index in [9.17, 15) is 17.6 Å². The smallest absolute Gasteiger partial charge is 0.249 e. The van der Waals surface area contributed by atoms with Gasteiger partial charge in [-0.3, -0.25) is 0 Å². The normalized spacial score (nSPS) is 12.5. The number of benzene rings is 1. The van der Waals surface area contributed by atoms with E-state index in [1.807, 2.05) is 0 Å². The lowest BCUT2D eigenvalue weighted by Gasteiger charge is -2.09. The summed E-state index contributed by atoms with van der Waals surface area (Å²) >= 11 is 0. The number of aromatic nitrogens is 4. The predicted molar refractivity (Wildman–Crippen MR) is 70.3 cm³/mol. The van der Waals surface area contributed by atoms with E-state index in [4.69, 9.17) is 1.37 Å². The number of rotatable bonds is 1. The molecule has 112 valence electrons. The SMILES string of the molecule is [2H]c1c(C(F)(F)F)ccc(-c2ncnc3nc(C)cnc23)c1F. The Balaban J connectivity index is 2.26. The molecule has 0 aliphatic rings. The van der Waals surface area contributed by atoms with Crippen LogP contribution in [-0.4, -0.2) is 19.9 Å². The minimum atomic E-state index is -4.80. The van der Waals surface area contributed by atoms with Crippen molar-refractivity contribution in [2.24, 2.45) is 0 Å². The molecule has 0 atom stereocenters. The molecule has 4 nitrogen and oxygen atoms in total. The molecule has 0 spiro atoms. The highest BCUT2D eigenvalue weighted by molar-refractivity contribution is 5.86. The van der Waals surface area contributed by atoms with E-state index in [2.05, 4.69) is 19.9 Å². The van der Waals surface area contributed by atoms with Gasteiger partial charge in [0, 0.05) is 11.8 Å². The van der Waals surface area contributed by atoms with E-state index in [1.165, 1.54) is 6.20 Å². The Hall–Kier alpha value is -2.64. The zero-order chi connectivity index (χ0) is 16.8. The first kappa shape index (κ1) is 13.1. The Morgan fingerprint density at radius 1 is 1.14 bits per heavy atom. The highest BCUT2D eigenvalue weighted by Crippen LogP contribution is 2.33. The van der Waals surface area contributed by atoms with Gasteiger partial charge in [0.05, 0.1) is 12.6 Å². The Kier molecular flexibility index (Phi) is 2.95. The van der Waals surface area contributed by atoms with Crippen LogP contribution in [0.3, 0.4) is 0 Å². The summed E-state index contributed by atoms with van der Waals surface area (Å²) in [7, 11) is 0. The average molecular weight is 309 g/mol. The molecule has 0 fully saturated rings. The van der Waals surface area contributed by atoms with Gasteiger partial charge in [-0.1, -0.05) is 0 Å². The van der Waals surface area contributed by atoms with Gasteiger partial charge in [-0.25, -0.2) is 24.3 Å². The maximum absolute atomic E-state index is 14.3. The van der Waals surface area contributed by atoms with Gasteiger partial charge in [0.1, 0.15) is 23.4 Å². The Morgan fingerprint density at radius 2 is 1.91 bits per heavy atom. The van der Waals surface area contributed by atoms with Crippen molar-refractivity contribution < 1.29 is 18.9 Å². The third-order valence-electron chi connectivity index (χ3n) is 2.92. The second kappa shape index (κ2) is 4.97. The van der Waals surface area contributed by atoms with Crippen molar-refractivity contribution in [1.29, 1.82) is 0 Å². The summed E-state index contributed by atoms with van der Waals surface area (Å²) < 4.78 is 59.9. The molecule has 0 aliphatic carbocycles. The van der Waals surface area contributed by atoms with Crippen molar-refractivity contribution in [2.75, 3.05) is 0 Å². The van der Waals surface area contributed by atoms with E-state index < -0.39 is 23.6 Å². The van der Waals surface area contributed by atoms with Gasteiger partial charge in [-0.15, -0.1) is 0 Å². The molecule has 0 N–H and O–H groups in total. The van der Waals surface area contributed by atoms with Crippen LogP contribution < -0.4 is 0 Å². The Labute approximate surface area is 123 Å². The van der Waals surface area contributed by atoms with E-state index in [0.29, 0.717) is 11.8 Å². The lowest BCUT2D eigenvalue weighted by molar-refractivity contribution is -0.137. The van der Waals surface area contributed by atoms with Gasteiger partial charge in [-0.2, -0.15) is 13.2 Å². The summed E-state index contributed by atoms with van der Waals surface area (Å²) in [6.07, 6.45) is -2.27. The number of fused-ring (bicyclic) bond motifs is 1. The predicted octanol–water partition coefficient (Wildman–Crippen LogP) is 3.55. The van der Waals surface area contributed by atoms with Crippen molar-refractivity contribution in [3.8, 4) is 11.3 Å². The van der Waals surface area contributed by atoms with Crippen molar-refractivity contribution in [3.05, 3.63) is 47.8 Å². The molecule has 0 bridgehead atoms. The second-order valence-electron chi connectivity index (χ2n) is 4.50. The van der Waals surface area contributed by atoms with Crippen LogP contribution in [-0.2, 0) is 6.18 Å². The molecule has 0 radical (unpaired) electrons. The monoisotopic (exact) mass is 309 g/mol. The van der Waals surface area contributed by atoms with Crippen LogP contribution in [0.4, 0.5) is 17.6 Å². The number of hydrogen-bond donors (Lipinski definition) is 0. The maximum Gasteiger partial charge on any atom is 0.416 e. The Morgan fingerprint density at radius 3 is 2.64 bits per heavy atom. The third-order valence-corrected chi connectivity index (χ3v) is 2.92. The van der Waals surface area contributed by atoms with Crippen molar-refractivity contribution in [2.45, 2.75) is 13.1 Å². The summed E-state index contributed by atoms with van der Waals surface area (Å²) in [5.41, 5.74) is -0.692. The molecule has 1 aromatic carbocycles. The van der Waals surface area contributed by atoms with Gasteiger partial charge >= 0.3 is 6.18 Å². The molecule has 22 heavy (non-hydrogen) atoms. The van der Waals surface area contributed by atoms with Gasteiger partial charge < -0.3 is 0 Å². The maximum atomic E-state index is 14.3. The highest BCUT2D eigenvalue weighted by atomic mass is 19.4. The molecule has 2 heterocycles. The number of alkyl halides is 3. The minimum Gasteiger partial charge on any atom is -0.249 e. The summed E-state index contributed by atoms with van der Waals surface area (Å²) in [5.74, 6) is -1.32. The quantitative estimate of drug-likeness (QED) is 0.645. The number of hydrogen-bond acceptors (Lipinski definition) is 4. The van der Waals surface area contributed by atoms with Crippen LogP contribution in [0, 0.1) is 12.7 Å². The van der Waals surface area contributed by atoms with Gasteiger partial charge in [0.25, 0.3) is 0 Å². The lowest BCUT2D eigenvalue weighted by Crippen LogP contribution is -2.06. The first-order chi connectivity index (χ1) is 10.8. The lowest BCUT2D eigenvalue weighted by atomic mass is 10.1. The number of halogens is 4. The van der Waals surface area contributed by atoms with Gasteiger partial charge in [-0.05, 0) is 25.1 Å². The largest absolute Gasteiger partial charge is 0.416 e. The van der Waals surface area contributed by atoms with Crippen molar-refractivity contribution >= 4 is 11.2 Å². The first-order valence-electron chi connectivity index (χ1n) is 6.60. The topological polar surface area (TPSA) is 51.6 Å². The van der Waals surface area contributed by atoms with Crippen LogP contribution in [0.2, 0.25) is 0 Å². The Bertz CT molecular complexity index is 911. The molecule has 0 unspecified atom stereocenters. The number of nitrogens with zero attached hydrogens (tertiary/aromatic N) is 4. The number of aryl methyl sites for hydroxylation is 1. The third kappa shape index (κ3) is 2.47. The van der Waals surface area contributed by atoms with E-state index in [0.717, 1.165) is 12.4 Å². The van der Waals surface area contributed by atoms with Crippen LogP contribution in [0.15, 0.2) is 30.7 Å². The molecule has 0 saturated carbocycles. The molecule has 3 rings (SSSR count). The van der Waals surface area contributed by atoms with Crippen LogP contribution in [0.25, 0.3) is 22.4 Å². The minimum absolute atomic E-state index is 0.0118. The van der Waals surface area contributed by atoms with Gasteiger partial charge in [0.15, 0.2) is 5.65 Å². The molecule has 3 aromatic rings. The molecular formula is C14H8F4N4. The molecule has 0 aliphatic heterocycles. The van der Waals surface area contributed by atoms with Crippen LogP contribution in [0.1, 0.15) is 12.6 Å². The first-order valence-corrected chi connectivity index (χ1v) is 6.10. The zero-order valence-corrected chi connectivity index (χ0v) is 11.1. The summed E-state index contributed by atoms with van der Waals surface area (Å²) in [5, 5.41) is 0. The molecule has 2 aromatic heterocycles. The average Bonchev–Trinajstić information content (AvgIpc) is 2.48. The van der Waals surface area contributed by atoms with Gasteiger partial charge in [0.2, 0.25) is 0 Å². The molecule has 0 saturated heterocycles. The summed E-state index contributed by atoms with van der Waals surface area (Å²) in [6, 6.07) is 0.345. The second-order valence-corrected chi connectivity index (χ2v) is 4.50.